The third kappa shape index (κ3) is 2.42. The van der Waals surface area contributed by atoms with E-state index >= 15 is 0 Å². The van der Waals surface area contributed by atoms with Crippen LogP contribution >= 0.6 is 0 Å². The molecular formula is C16H18N4O. The predicted octanol–water partition coefficient (Wildman–Crippen LogP) is 3.12. The average Bonchev–Trinajstić information content (AvgIpc) is 2.84. The van der Waals surface area contributed by atoms with Gasteiger partial charge in [-0.1, -0.05) is 19.1 Å². The molecule has 0 spiro atoms. The zero-order valence-electron chi connectivity index (χ0n) is 12.2. The fraction of sp³-hybridized carbons (Fsp3) is 0.250. The van der Waals surface area contributed by atoms with Gasteiger partial charge in [0.1, 0.15) is 0 Å². The van der Waals surface area contributed by atoms with Gasteiger partial charge >= 0.3 is 0 Å². The molecule has 3 aromatic rings. The number of fused-ring (bicyclic) bond motifs is 1. The highest BCUT2D eigenvalue weighted by molar-refractivity contribution is 5.85. The quantitative estimate of drug-likeness (QED) is 0.771. The summed E-state index contributed by atoms with van der Waals surface area (Å²) in [5.41, 5.74) is 2.90. The van der Waals surface area contributed by atoms with Crippen molar-refractivity contribution in [2.75, 3.05) is 11.9 Å². The Labute approximate surface area is 123 Å². The van der Waals surface area contributed by atoms with Crippen molar-refractivity contribution in [3.8, 4) is 11.6 Å². The molecule has 5 heteroatoms. The Morgan fingerprint density at radius 2 is 1.95 bits per heavy atom. The first kappa shape index (κ1) is 13.4. The highest BCUT2D eigenvalue weighted by Crippen LogP contribution is 2.29. The number of nitrogens with one attached hydrogen (secondary N) is 1. The number of hydrogen-bond donors (Lipinski definition) is 2. The number of hydrogen-bond acceptors (Lipinski definition) is 4. The normalized spacial score (nSPS) is 11.0. The highest BCUT2D eigenvalue weighted by Gasteiger charge is 2.12. The molecule has 0 unspecified atom stereocenters. The minimum atomic E-state index is 0.164. The fourth-order valence-electron chi connectivity index (χ4n) is 2.31. The molecule has 0 aliphatic heterocycles. The van der Waals surface area contributed by atoms with Crippen molar-refractivity contribution in [1.82, 2.24) is 14.5 Å². The lowest BCUT2D eigenvalue weighted by Gasteiger charge is -2.05. The van der Waals surface area contributed by atoms with Crippen molar-refractivity contribution >= 4 is 16.9 Å². The molecule has 2 N–H and O–H groups in total. The minimum absolute atomic E-state index is 0.164. The second kappa shape index (κ2) is 5.44. The number of benzene rings is 1. The summed E-state index contributed by atoms with van der Waals surface area (Å²) in [5.74, 6) is 0.737. The van der Waals surface area contributed by atoms with Gasteiger partial charge in [-0.2, -0.15) is 0 Å². The predicted molar refractivity (Wildman–Crippen MR) is 84.1 cm³/mol. The van der Waals surface area contributed by atoms with Crippen LogP contribution in [0, 0.1) is 0 Å². The van der Waals surface area contributed by atoms with Crippen LogP contribution in [0.15, 0.2) is 36.7 Å². The number of aromatic hydroxyl groups is 1. The molecule has 5 nitrogen and oxygen atoms in total. The lowest BCUT2D eigenvalue weighted by molar-refractivity contribution is 0.448. The summed E-state index contributed by atoms with van der Waals surface area (Å²) >= 11 is 0. The van der Waals surface area contributed by atoms with E-state index in [1.165, 1.54) is 5.56 Å². The lowest BCUT2D eigenvalue weighted by atomic mass is 10.1. The van der Waals surface area contributed by atoms with Crippen LogP contribution in [0.25, 0.3) is 16.6 Å². The van der Waals surface area contributed by atoms with Crippen molar-refractivity contribution in [2.24, 2.45) is 0 Å². The average molecular weight is 282 g/mol. The second-order valence-corrected chi connectivity index (χ2v) is 4.87. The maximum atomic E-state index is 10.4. The maximum Gasteiger partial charge on any atom is 0.223 e. The van der Waals surface area contributed by atoms with Gasteiger partial charge in [0.25, 0.3) is 0 Å². The summed E-state index contributed by atoms with van der Waals surface area (Å²) < 4.78 is 1.73. The Kier molecular flexibility index (Phi) is 3.48. The Balaban J connectivity index is 2.07. The zero-order chi connectivity index (χ0) is 14.8. The van der Waals surface area contributed by atoms with Gasteiger partial charge in [0.15, 0.2) is 0 Å². The molecule has 1 aromatic carbocycles. The summed E-state index contributed by atoms with van der Waals surface area (Å²) in [5, 5.41) is 14.1. The molecule has 0 atom stereocenters. The number of rotatable bonds is 4. The van der Waals surface area contributed by atoms with E-state index in [1.54, 1.807) is 10.8 Å². The van der Waals surface area contributed by atoms with Crippen LogP contribution in [0.1, 0.15) is 19.4 Å². The first-order valence-electron chi connectivity index (χ1n) is 7.13. The molecule has 3 rings (SSSR count). The number of aryl methyl sites for hydroxylation is 1. The van der Waals surface area contributed by atoms with Crippen molar-refractivity contribution in [3.63, 3.8) is 0 Å². The molecule has 2 aromatic heterocycles. The molecule has 0 amide bonds. The third-order valence-electron chi connectivity index (χ3n) is 3.50. The molecule has 0 aliphatic carbocycles. The van der Waals surface area contributed by atoms with E-state index in [4.69, 9.17) is 0 Å². The van der Waals surface area contributed by atoms with E-state index < -0.39 is 0 Å². The van der Waals surface area contributed by atoms with E-state index in [-0.39, 0.29) is 5.88 Å². The fourth-order valence-corrected chi connectivity index (χ4v) is 2.31. The zero-order valence-corrected chi connectivity index (χ0v) is 12.2. The van der Waals surface area contributed by atoms with Gasteiger partial charge in [0.05, 0.1) is 10.9 Å². The van der Waals surface area contributed by atoms with Gasteiger partial charge in [0, 0.05) is 24.6 Å². The van der Waals surface area contributed by atoms with E-state index in [2.05, 4.69) is 34.3 Å². The first-order chi connectivity index (χ1) is 10.2. The molecule has 2 heterocycles. The summed E-state index contributed by atoms with van der Waals surface area (Å²) in [4.78, 5) is 8.60. The molecule has 0 radical (unpaired) electrons. The summed E-state index contributed by atoms with van der Waals surface area (Å²) in [6, 6.07) is 8.12. The summed E-state index contributed by atoms with van der Waals surface area (Å²) in [7, 11) is 0. The Morgan fingerprint density at radius 3 is 2.62 bits per heavy atom. The van der Waals surface area contributed by atoms with Crippen molar-refractivity contribution in [2.45, 2.75) is 20.3 Å². The minimum Gasteiger partial charge on any atom is -0.494 e. The molecule has 0 saturated carbocycles. The monoisotopic (exact) mass is 282 g/mol. The summed E-state index contributed by atoms with van der Waals surface area (Å²) in [6.45, 7) is 4.87. The van der Waals surface area contributed by atoms with Crippen LogP contribution in [0.2, 0.25) is 0 Å². The topological polar surface area (TPSA) is 63.0 Å². The Morgan fingerprint density at radius 1 is 1.19 bits per heavy atom. The van der Waals surface area contributed by atoms with Gasteiger partial charge in [0.2, 0.25) is 11.8 Å². The maximum absolute atomic E-state index is 10.4. The van der Waals surface area contributed by atoms with Crippen LogP contribution in [0.3, 0.4) is 0 Å². The Bertz CT molecular complexity index is 762. The van der Waals surface area contributed by atoms with Crippen molar-refractivity contribution in [1.29, 1.82) is 0 Å². The first-order valence-corrected chi connectivity index (χ1v) is 7.13. The van der Waals surface area contributed by atoms with Gasteiger partial charge in [-0.15, -0.1) is 0 Å². The van der Waals surface area contributed by atoms with E-state index in [1.807, 2.05) is 25.3 Å². The van der Waals surface area contributed by atoms with Gasteiger partial charge in [-0.3, -0.25) is 4.57 Å². The van der Waals surface area contributed by atoms with Crippen LogP contribution in [0.5, 0.6) is 5.88 Å². The SMILES string of the molecule is CCNc1ncc2c(O)n(-c3ccc(CC)cc3)cc2n1. The van der Waals surface area contributed by atoms with Gasteiger partial charge in [-0.05, 0) is 31.0 Å². The molecular weight excluding hydrogens is 264 g/mol. The van der Waals surface area contributed by atoms with Gasteiger partial charge < -0.3 is 10.4 Å². The lowest BCUT2D eigenvalue weighted by Crippen LogP contribution is -2.00. The standard InChI is InChI=1S/C16H18N4O/c1-3-11-5-7-12(8-6-11)20-10-14-13(15(20)21)9-18-16(19-14)17-4-2/h5-10,21H,3-4H2,1-2H3,(H,17,19). The molecule has 0 aliphatic rings. The molecule has 0 saturated heterocycles. The van der Waals surface area contributed by atoms with Crippen LogP contribution in [-0.4, -0.2) is 26.2 Å². The largest absolute Gasteiger partial charge is 0.494 e. The second-order valence-electron chi connectivity index (χ2n) is 4.87. The van der Waals surface area contributed by atoms with E-state index in [0.717, 1.165) is 24.2 Å². The number of anilines is 1. The van der Waals surface area contributed by atoms with E-state index in [9.17, 15) is 5.11 Å². The van der Waals surface area contributed by atoms with Crippen molar-refractivity contribution in [3.05, 3.63) is 42.2 Å². The highest BCUT2D eigenvalue weighted by atomic mass is 16.3. The van der Waals surface area contributed by atoms with E-state index in [0.29, 0.717) is 11.3 Å². The smallest absolute Gasteiger partial charge is 0.223 e. The third-order valence-corrected chi connectivity index (χ3v) is 3.50. The summed E-state index contributed by atoms with van der Waals surface area (Å²) in [6.07, 6.45) is 4.47. The van der Waals surface area contributed by atoms with Crippen LogP contribution in [0.4, 0.5) is 5.95 Å². The van der Waals surface area contributed by atoms with Crippen LogP contribution < -0.4 is 5.32 Å². The number of aromatic nitrogens is 3. The molecule has 108 valence electrons. The van der Waals surface area contributed by atoms with Crippen molar-refractivity contribution < 1.29 is 5.11 Å². The Hall–Kier alpha value is -2.56. The van der Waals surface area contributed by atoms with Gasteiger partial charge in [-0.25, -0.2) is 9.97 Å². The molecule has 0 fully saturated rings. The molecule has 0 bridgehead atoms. The number of nitrogens with zero attached hydrogens (tertiary/aromatic N) is 3. The van der Waals surface area contributed by atoms with Crippen LogP contribution in [-0.2, 0) is 6.42 Å². The molecule has 21 heavy (non-hydrogen) atoms.